The van der Waals surface area contributed by atoms with Gasteiger partial charge >= 0.3 is 0 Å². The van der Waals surface area contributed by atoms with Gasteiger partial charge in [-0.05, 0) is 43.5 Å². The van der Waals surface area contributed by atoms with E-state index in [1.807, 2.05) is 12.3 Å². The number of benzene rings is 1. The number of rotatable bonds is 3. The van der Waals surface area contributed by atoms with E-state index in [1.165, 1.54) is 17.5 Å². The average Bonchev–Trinajstić information content (AvgIpc) is 2.48. The summed E-state index contributed by atoms with van der Waals surface area (Å²) in [7, 11) is 0. The molecule has 2 heterocycles. The molecule has 0 radical (unpaired) electrons. The number of fused-ring (bicyclic) bond motifs is 1. The largest absolute Gasteiger partial charge is 0.366 e. The summed E-state index contributed by atoms with van der Waals surface area (Å²) >= 11 is 0. The molecule has 1 saturated heterocycles. The van der Waals surface area contributed by atoms with Crippen molar-refractivity contribution in [3.05, 3.63) is 36.5 Å². The van der Waals surface area contributed by atoms with E-state index in [0.29, 0.717) is 12.1 Å². The van der Waals surface area contributed by atoms with Crippen LogP contribution in [-0.2, 0) is 0 Å². The van der Waals surface area contributed by atoms with Crippen LogP contribution in [0.15, 0.2) is 36.5 Å². The van der Waals surface area contributed by atoms with Crippen molar-refractivity contribution in [1.82, 2.24) is 10.3 Å². The first kappa shape index (κ1) is 14.3. The van der Waals surface area contributed by atoms with Gasteiger partial charge < -0.3 is 10.2 Å². The zero-order chi connectivity index (χ0) is 14.8. The summed E-state index contributed by atoms with van der Waals surface area (Å²) in [6.45, 7) is 9.04. The third kappa shape index (κ3) is 3.18. The monoisotopic (exact) mass is 283 g/mol. The molecule has 1 fully saturated rings. The van der Waals surface area contributed by atoms with Crippen molar-refractivity contribution >= 4 is 16.6 Å². The number of hydrogen-bond acceptors (Lipinski definition) is 3. The molecule has 21 heavy (non-hydrogen) atoms. The van der Waals surface area contributed by atoms with Gasteiger partial charge in [0.25, 0.3) is 0 Å². The van der Waals surface area contributed by atoms with Gasteiger partial charge in [-0.25, -0.2) is 0 Å². The van der Waals surface area contributed by atoms with Gasteiger partial charge in [0, 0.05) is 42.4 Å². The maximum absolute atomic E-state index is 4.41. The number of hydrogen-bond donors (Lipinski definition) is 1. The summed E-state index contributed by atoms with van der Waals surface area (Å²) in [6, 6.07) is 11.9. The molecule has 2 aromatic rings. The van der Waals surface area contributed by atoms with E-state index in [9.17, 15) is 0 Å². The van der Waals surface area contributed by atoms with E-state index >= 15 is 0 Å². The Balaban J connectivity index is 1.84. The Kier molecular flexibility index (Phi) is 4.11. The third-order valence-corrected chi connectivity index (χ3v) is 4.33. The van der Waals surface area contributed by atoms with Crippen LogP contribution in [0.3, 0.4) is 0 Å². The molecule has 1 aliphatic heterocycles. The molecule has 3 rings (SSSR count). The van der Waals surface area contributed by atoms with Crippen LogP contribution in [0.5, 0.6) is 0 Å². The number of pyridine rings is 1. The number of aromatic nitrogens is 1. The topological polar surface area (TPSA) is 28.2 Å². The van der Waals surface area contributed by atoms with Gasteiger partial charge in [-0.3, -0.25) is 4.98 Å². The van der Waals surface area contributed by atoms with Gasteiger partial charge in [0.1, 0.15) is 0 Å². The fraction of sp³-hybridized carbons (Fsp3) is 0.500. The second-order valence-electron chi connectivity index (χ2n) is 6.62. The minimum Gasteiger partial charge on any atom is -0.366 e. The van der Waals surface area contributed by atoms with Crippen LogP contribution in [0, 0.1) is 5.92 Å². The quantitative estimate of drug-likeness (QED) is 0.935. The van der Waals surface area contributed by atoms with Crippen LogP contribution in [0.1, 0.15) is 27.2 Å². The highest BCUT2D eigenvalue weighted by Gasteiger charge is 2.25. The molecule has 1 aromatic carbocycles. The van der Waals surface area contributed by atoms with Crippen LogP contribution in [-0.4, -0.2) is 30.2 Å². The highest BCUT2D eigenvalue weighted by molar-refractivity contribution is 5.82. The zero-order valence-electron chi connectivity index (χ0n) is 13.2. The van der Waals surface area contributed by atoms with E-state index in [4.69, 9.17) is 0 Å². The van der Waals surface area contributed by atoms with E-state index < -0.39 is 0 Å². The van der Waals surface area contributed by atoms with Gasteiger partial charge in [-0.1, -0.05) is 19.9 Å². The molecular weight excluding hydrogens is 258 g/mol. The van der Waals surface area contributed by atoms with Gasteiger partial charge in [-0.2, -0.15) is 0 Å². The van der Waals surface area contributed by atoms with Gasteiger partial charge in [0.2, 0.25) is 0 Å². The highest BCUT2D eigenvalue weighted by Crippen LogP contribution is 2.25. The fourth-order valence-corrected chi connectivity index (χ4v) is 3.26. The number of anilines is 1. The summed E-state index contributed by atoms with van der Waals surface area (Å²) in [6.07, 6.45) is 3.09. The van der Waals surface area contributed by atoms with Crippen molar-refractivity contribution < 1.29 is 0 Å². The minimum atomic E-state index is 0.530. The van der Waals surface area contributed by atoms with Crippen LogP contribution in [0.25, 0.3) is 10.9 Å². The first-order chi connectivity index (χ1) is 10.1. The Morgan fingerprint density at radius 1 is 1.33 bits per heavy atom. The first-order valence-electron chi connectivity index (χ1n) is 7.98. The Morgan fingerprint density at radius 3 is 3.00 bits per heavy atom. The molecular formula is C18H25N3. The molecule has 1 aromatic heterocycles. The van der Waals surface area contributed by atoms with Crippen molar-refractivity contribution in [2.24, 2.45) is 5.92 Å². The van der Waals surface area contributed by atoms with Crippen LogP contribution >= 0.6 is 0 Å². The van der Waals surface area contributed by atoms with Gasteiger partial charge in [0.15, 0.2) is 0 Å². The minimum absolute atomic E-state index is 0.530. The molecule has 0 spiro atoms. The smallest absolute Gasteiger partial charge is 0.0703 e. The normalized spacial score (nSPS) is 23.0. The molecule has 1 N–H and O–H groups in total. The molecule has 0 bridgehead atoms. The Morgan fingerprint density at radius 2 is 2.19 bits per heavy atom. The Hall–Kier alpha value is -1.61. The SMILES string of the molecule is CC(C)CC1CN(c2ccc3ncccc3c2)C(C)CN1. The fourth-order valence-electron chi connectivity index (χ4n) is 3.26. The van der Waals surface area contributed by atoms with E-state index in [-0.39, 0.29) is 0 Å². The van der Waals surface area contributed by atoms with Crippen molar-refractivity contribution in [3.8, 4) is 0 Å². The molecule has 1 aliphatic rings. The number of piperazine rings is 1. The predicted molar refractivity (Wildman–Crippen MR) is 89.8 cm³/mol. The standard InChI is InChI=1S/C18H25N3/c1-13(2)9-16-12-21(14(3)11-20-16)17-6-7-18-15(10-17)5-4-8-19-18/h4-8,10,13-14,16,20H,9,11-12H2,1-3H3. The summed E-state index contributed by atoms with van der Waals surface area (Å²) in [4.78, 5) is 6.95. The van der Waals surface area contributed by atoms with Crippen molar-refractivity contribution in [2.75, 3.05) is 18.0 Å². The van der Waals surface area contributed by atoms with Crippen molar-refractivity contribution in [1.29, 1.82) is 0 Å². The maximum Gasteiger partial charge on any atom is 0.0703 e. The molecule has 3 nitrogen and oxygen atoms in total. The average molecular weight is 283 g/mol. The van der Waals surface area contributed by atoms with Gasteiger partial charge in [0.05, 0.1) is 5.52 Å². The van der Waals surface area contributed by atoms with E-state index in [1.54, 1.807) is 0 Å². The lowest BCUT2D eigenvalue weighted by Gasteiger charge is -2.41. The molecule has 2 unspecified atom stereocenters. The van der Waals surface area contributed by atoms with Crippen molar-refractivity contribution in [2.45, 2.75) is 39.3 Å². The van der Waals surface area contributed by atoms with Crippen LogP contribution in [0.4, 0.5) is 5.69 Å². The second kappa shape index (κ2) is 6.02. The van der Waals surface area contributed by atoms with E-state index in [2.05, 4.69) is 60.2 Å². The summed E-state index contributed by atoms with van der Waals surface area (Å²) in [5.41, 5.74) is 2.39. The predicted octanol–water partition coefficient (Wildman–Crippen LogP) is 3.45. The molecule has 0 aliphatic carbocycles. The van der Waals surface area contributed by atoms with Crippen molar-refractivity contribution in [3.63, 3.8) is 0 Å². The molecule has 0 amide bonds. The van der Waals surface area contributed by atoms with Crippen LogP contribution in [0.2, 0.25) is 0 Å². The summed E-state index contributed by atoms with van der Waals surface area (Å²) in [5.74, 6) is 0.735. The first-order valence-corrected chi connectivity index (χ1v) is 7.98. The van der Waals surface area contributed by atoms with E-state index in [0.717, 1.165) is 24.5 Å². The lowest BCUT2D eigenvalue weighted by Crippen LogP contribution is -2.55. The number of nitrogens with one attached hydrogen (secondary N) is 1. The summed E-state index contributed by atoms with van der Waals surface area (Å²) < 4.78 is 0. The zero-order valence-corrected chi connectivity index (χ0v) is 13.2. The third-order valence-electron chi connectivity index (χ3n) is 4.33. The van der Waals surface area contributed by atoms with Crippen LogP contribution < -0.4 is 10.2 Å². The summed E-state index contributed by atoms with van der Waals surface area (Å²) in [5, 5.41) is 4.91. The number of nitrogens with zero attached hydrogens (tertiary/aromatic N) is 2. The molecule has 2 atom stereocenters. The maximum atomic E-state index is 4.41. The lowest BCUT2D eigenvalue weighted by molar-refractivity contribution is 0.356. The Bertz CT molecular complexity index is 608. The highest BCUT2D eigenvalue weighted by atomic mass is 15.2. The molecule has 3 heteroatoms. The molecule has 112 valence electrons. The molecule has 0 saturated carbocycles. The lowest BCUT2D eigenvalue weighted by atomic mass is 9.99. The van der Waals surface area contributed by atoms with Gasteiger partial charge in [-0.15, -0.1) is 0 Å². The second-order valence-corrected chi connectivity index (χ2v) is 6.62. The Labute approximate surface area is 127 Å².